The predicted octanol–water partition coefficient (Wildman–Crippen LogP) is 3.59. The monoisotopic (exact) mass is 335 g/mol. The lowest BCUT2D eigenvalue weighted by Gasteiger charge is -2.11. The van der Waals surface area contributed by atoms with Crippen molar-refractivity contribution in [2.45, 2.75) is 20.0 Å². The molecule has 25 heavy (non-hydrogen) atoms. The molecule has 1 N–H and O–H groups in total. The summed E-state index contributed by atoms with van der Waals surface area (Å²) in [5, 5.41) is 7.17. The maximum Gasteiger partial charge on any atom is 0.228 e. The van der Waals surface area contributed by atoms with E-state index in [1.807, 2.05) is 67.7 Å². The van der Waals surface area contributed by atoms with E-state index in [2.05, 4.69) is 10.4 Å². The SMILES string of the molecule is CCOCc1ccccc1NC(=O)Cc1ccc(-n2cccn2)cc1. The van der Waals surface area contributed by atoms with Crippen molar-refractivity contribution < 1.29 is 9.53 Å². The minimum absolute atomic E-state index is 0.0456. The van der Waals surface area contributed by atoms with Gasteiger partial charge < -0.3 is 10.1 Å². The summed E-state index contributed by atoms with van der Waals surface area (Å²) in [6.07, 6.45) is 3.94. The second-order valence-electron chi connectivity index (χ2n) is 5.64. The van der Waals surface area contributed by atoms with Crippen molar-refractivity contribution in [1.82, 2.24) is 9.78 Å². The maximum absolute atomic E-state index is 12.4. The fourth-order valence-corrected chi connectivity index (χ4v) is 2.55. The molecule has 0 bridgehead atoms. The van der Waals surface area contributed by atoms with Crippen molar-refractivity contribution >= 4 is 11.6 Å². The molecule has 0 aliphatic heterocycles. The summed E-state index contributed by atoms with van der Waals surface area (Å²) in [6, 6.07) is 17.4. The van der Waals surface area contributed by atoms with Crippen LogP contribution in [0.3, 0.4) is 0 Å². The molecule has 3 rings (SSSR count). The summed E-state index contributed by atoms with van der Waals surface area (Å²) in [7, 11) is 0. The van der Waals surface area contributed by atoms with Gasteiger partial charge in [0.25, 0.3) is 0 Å². The Kier molecular flexibility index (Phi) is 5.59. The smallest absolute Gasteiger partial charge is 0.228 e. The van der Waals surface area contributed by atoms with Gasteiger partial charge >= 0.3 is 0 Å². The maximum atomic E-state index is 12.4. The van der Waals surface area contributed by atoms with Gasteiger partial charge in [-0.3, -0.25) is 4.79 Å². The average Bonchev–Trinajstić information content (AvgIpc) is 3.16. The first kappa shape index (κ1) is 16.9. The van der Waals surface area contributed by atoms with Crippen molar-refractivity contribution in [3.63, 3.8) is 0 Å². The number of hydrogen-bond donors (Lipinski definition) is 1. The second kappa shape index (κ2) is 8.26. The Bertz CT molecular complexity index is 811. The molecule has 2 aromatic carbocycles. The first-order valence-corrected chi connectivity index (χ1v) is 8.30. The Morgan fingerprint density at radius 3 is 2.64 bits per heavy atom. The third-order valence-corrected chi connectivity index (χ3v) is 3.82. The van der Waals surface area contributed by atoms with Gasteiger partial charge in [0, 0.05) is 30.3 Å². The molecule has 0 atom stereocenters. The molecule has 0 unspecified atom stereocenters. The molecule has 0 fully saturated rings. The van der Waals surface area contributed by atoms with Gasteiger partial charge in [0.1, 0.15) is 0 Å². The van der Waals surface area contributed by atoms with Crippen LogP contribution in [-0.4, -0.2) is 22.3 Å². The Morgan fingerprint density at radius 2 is 1.92 bits per heavy atom. The highest BCUT2D eigenvalue weighted by atomic mass is 16.5. The zero-order valence-electron chi connectivity index (χ0n) is 14.2. The van der Waals surface area contributed by atoms with Crippen molar-refractivity contribution in [2.75, 3.05) is 11.9 Å². The van der Waals surface area contributed by atoms with Crippen LogP contribution in [0.4, 0.5) is 5.69 Å². The van der Waals surface area contributed by atoms with E-state index < -0.39 is 0 Å². The van der Waals surface area contributed by atoms with E-state index in [0.717, 1.165) is 22.5 Å². The molecular formula is C20H21N3O2. The van der Waals surface area contributed by atoms with Crippen LogP contribution < -0.4 is 5.32 Å². The Morgan fingerprint density at radius 1 is 1.12 bits per heavy atom. The third-order valence-electron chi connectivity index (χ3n) is 3.82. The minimum atomic E-state index is -0.0456. The zero-order valence-corrected chi connectivity index (χ0v) is 14.2. The van der Waals surface area contributed by atoms with Gasteiger partial charge in [0.05, 0.1) is 18.7 Å². The summed E-state index contributed by atoms with van der Waals surface area (Å²) in [5.41, 5.74) is 3.70. The van der Waals surface area contributed by atoms with Gasteiger partial charge in [-0.15, -0.1) is 0 Å². The van der Waals surface area contributed by atoms with E-state index in [9.17, 15) is 4.79 Å². The number of anilines is 1. The van der Waals surface area contributed by atoms with Gasteiger partial charge in [-0.1, -0.05) is 30.3 Å². The van der Waals surface area contributed by atoms with E-state index >= 15 is 0 Å². The summed E-state index contributed by atoms with van der Waals surface area (Å²) in [5.74, 6) is -0.0456. The molecule has 1 heterocycles. The van der Waals surface area contributed by atoms with Gasteiger partial charge in [-0.2, -0.15) is 5.10 Å². The van der Waals surface area contributed by atoms with Gasteiger partial charge in [-0.25, -0.2) is 4.68 Å². The van der Waals surface area contributed by atoms with E-state index in [0.29, 0.717) is 19.6 Å². The second-order valence-corrected chi connectivity index (χ2v) is 5.64. The Hall–Kier alpha value is -2.92. The summed E-state index contributed by atoms with van der Waals surface area (Å²) >= 11 is 0. The van der Waals surface area contributed by atoms with Crippen molar-refractivity contribution in [3.05, 3.63) is 78.1 Å². The van der Waals surface area contributed by atoms with Crippen LogP contribution in [0.25, 0.3) is 5.69 Å². The first-order chi connectivity index (χ1) is 12.3. The molecule has 0 saturated heterocycles. The number of aromatic nitrogens is 2. The van der Waals surface area contributed by atoms with Crippen molar-refractivity contribution in [3.8, 4) is 5.69 Å². The molecular weight excluding hydrogens is 314 g/mol. The number of hydrogen-bond acceptors (Lipinski definition) is 3. The number of amides is 1. The van der Waals surface area contributed by atoms with Gasteiger partial charge in [-0.05, 0) is 36.8 Å². The van der Waals surface area contributed by atoms with Crippen LogP contribution in [0.2, 0.25) is 0 Å². The molecule has 128 valence electrons. The Labute approximate surface area is 147 Å². The number of ether oxygens (including phenoxy) is 1. The van der Waals surface area contributed by atoms with E-state index in [-0.39, 0.29) is 5.91 Å². The number of para-hydroxylation sites is 1. The summed E-state index contributed by atoms with van der Waals surface area (Å²) in [6.45, 7) is 3.09. The molecule has 0 aliphatic rings. The molecule has 1 aromatic heterocycles. The highest BCUT2D eigenvalue weighted by Crippen LogP contribution is 2.17. The lowest BCUT2D eigenvalue weighted by molar-refractivity contribution is -0.115. The summed E-state index contributed by atoms with van der Waals surface area (Å²) < 4.78 is 7.23. The van der Waals surface area contributed by atoms with Crippen molar-refractivity contribution in [2.24, 2.45) is 0 Å². The first-order valence-electron chi connectivity index (χ1n) is 8.30. The van der Waals surface area contributed by atoms with Crippen LogP contribution >= 0.6 is 0 Å². The number of carbonyl (C=O) groups is 1. The average molecular weight is 335 g/mol. The van der Waals surface area contributed by atoms with Crippen molar-refractivity contribution in [1.29, 1.82) is 0 Å². The van der Waals surface area contributed by atoms with E-state index in [1.165, 1.54) is 0 Å². The van der Waals surface area contributed by atoms with Gasteiger partial charge in [0.2, 0.25) is 5.91 Å². The van der Waals surface area contributed by atoms with Crippen LogP contribution in [0.15, 0.2) is 67.0 Å². The fourth-order valence-electron chi connectivity index (χ4n) is 2.55. The van der Waals surface area contributed by atoms with Gasteiger partial charge in [0.15, 0.2) is 0 Å². The zero-order chi connectivity index (χ0) is 17.5. The minimum Gasteiger partial charge on any atom is -0.377 e. The van der Waals surface area contributed by atoms with Crippen LogP contribution in [0, 0.1) is 0 Å². The standard InChI is InChI=1S/C20H21N3O2/c1-2-25-15-17-6-3-4-7-19(17)22-20(24)14-16-8-10-18(11-9-16)23-13-5-12-21-23/h3-13H,2,14-15H2,1H3,(H,22,24). The van der Waals surface area contributed by atoms with E-state index in [1.54, 1.807) is 10.9 Å². The third kappa shape index (κ3) is 4.55. The topological polar surface area (TPSA) is 56.1 Å². The molecule has 0 saturated carbocycles. The molecule has 1 amide bonds. The van der Waals surface area contributed by atoms with Crippen LogP contribution in [-0.2, 0) is 22.6 Å². The predicted molar refractivity (Wildman–Crippen MR) is 97.7 cm³/mol. The molecule has 0 spiro atoms. The molecule has 5 heteroatoms. The van der Waals surface area contributed by atoms with E-state index in [4.69, 9.17) is 4.74 Å². The quantitative estimate of drug-likeness (QED) is 0.718. The van der Waals surface area contributed by atoms with Crippen LogP contribution in [0.1, 0.15) is 18.1 Å². The molecule has 5 nitrogen and oxygen atoms in total. The number of nitrogens with one attached hydrogen (secondary N) is 1. The number of benzene rings is 2. The lowest BCUT2D eigenvalue weighted by atomic mass is 10.1. The highest BCUT2D eigenvalue weighted by molar-refractivity contribution is 5.93. The highest BCUT2D eigenvalue weighted by Gasteiger charge is 2.08. The Balaban J connectivity index is 1.63. The fraction of sp³-hybridized carbons (Fsp3) is 0.200. The lowest BCUT2D eigenvalue weighted by Crippen LogP contribution is -2.16. The molecule has 0 aliphatic carbocycles. The molecule has 3 aromatic rings. The largest absolute Gasteiger partial charge is 0.377 e. The van der Waals surface area contributed by atoms with Crippen LogP contribution in [0.5, 0.6) is 0 Å². The summed E-state index contributed by atoms with van der Waals surface area (Å²) in [4.78, 5) is 12.4. The number of rotatable bonds is 7. The normalized spacial score (nSPS) is 10.6. The number of carbonyl (C=O) groups excluding carboxylic acids is 1. The molecule has 0 radical (unpaired) electrons. The number of nitrogens with zero attached hydrogens (tertiary/aromatic N) is 2.